The van der Waals surface area contributed by atoms with E-state index < -0.39 is 0 Å². The fraction of sp³-hybridized carbons (Fsp3) is 0.650. The number of amides is 2. The van der Waals surface area contributed by atoms with Gasteiger partial charge < -0.3 is 15.1 Å². The SMILES string of the molecule is CCCCN(C)CC1CCN(C(=O)Nc2cnc3c(c2)c(C)nn3C)CC1. The molecule has 7 nitrogen and oxygen atoms in total. The highest BCUT2D eigenvalue weighted by Gasteiger charge is 2.23. The Hall–Kier alpha value is -2.15. The van der Waals surface area contributed by atoms with Crippen LogP contribution in [0.3, 0.4) is 0 Å². The zero-order chi connectivity index (χ0) is 19.4. The second-order valence-electron chi connectivity index (χ2n) is 7.78. The van der Waals surface area contributed by atoms with Gasteiger partial charge in [0.15, 0.2) is 5.65 Å². The molecule has 1 N–H and O–H groups in total. The van der Waals surface area contributed by atoms with Gasteiger partial charge in [-0.15, -0.1) is 0 Å². The molecule has 0 spiro atoms. The normalized spacial score (nSPS) is 15.7. The first-order valence-electron chi connectivity index (χ1n) is 10.0. The van der Waals surface area contributed by atoms with Crippen LogP contribution in [0.4, 0.5) is 10.5 Å². The summed E-state index contributed by atoms with van der Waals surface area (Å²) in [6.45, 7) is 8.13. The van der Waals surface area contributed by atoms with Crippen LogP contribution in [-0.4, -0.2) is 63.8 Å². The van der Waals surface area contributed by atoms with E-state index in [4.69, 9.17) is 0 Å². The van der Waals surface area contributed by atoms with Crippen molar-refractivity contribution in [3.8, 4) is 0 Å². The number of piperidine rings is 1. The molecule has 2 aromatic rings. The van der Waals surface area contributed by atoms with Gasteiger partial charge in [-0.1, -0.05) is 13.3 Å². The number of rotatable bonds is 6. The number of carbonyl (C=O) groups excluding carboxylic acids is 1. The lowest BCUT2D eigenvalue weighted by molar-refractivity contribution is 0.163. The van der Waals surface area contributed by atoms with Crippen LogP contribution in [0, 0.1) is 12.8 Å². The second kappa shape index (κ2) is 8.69. The first kappa shape index (κ1) is 19.6. The van der Waals surface area contributed by atoms with Crippen LogP contribution in [0.25, 0.3) is 11.0 Å². The number of urea groups is 1. The molecule has 1 saturated heterocycles. The maximum atomic E-state index is 12.6. The minimum atomic E-state index is -0.0320. The second-order valence-corrected chi connectivity index (χ2v) is 7.78. The van der Waals surface area contributed by atoms with Crippen molar-refractivity contribution in [1.29, 1.82) is 0 Å². The van der Waals surface area contributed by atoms with Gasteiger partial charge in [0.25, 0.3) is 0 Å². The first-order valence-corrected chi connectivity index (χ1v) is 10.0. The van der Waals surface area contributed by atoms with E-state index in [2.05, 4.69) is 34.3 Å². The molecule has 0 atom stereocenters. The summed E-state index contributed by atoms with van der Waals surface area (Å²) in [4.78, 5) is 21.4. The van der Waals surface area contributed by atoms with Crippen molar-refractivity contribution in [1.82, 2.24) is 24.6 Å². The number of anilines is 1. The lowest BCUT2D eigenvalue weighted by atomic mass is 9.96. The molecule has 3 rings (SSSR count). The van der Waals surface area contributed by atoms with Crippen molar-refractivity contribution in [3.63, 3.8) is 0 Å². The van der Waals surface area contributed by atoms with E-state index in [9.17, 15) is 4.79 Å². The third kappa shape index (κ3) is 4.77. The molecule has 2 amide bonds. The number of pyridine rings is 1. The highest BCUT2D eigenvalue weighted by molar-refractivity contribution is 5.92. The molecule has 0 unspecified atom stereocenters. The van der Waals surface area contributed by atoms with Crippen LogP contribution in [-0.2, 0) is 7.05 Å². The third-order valence-electron chi connectivity index (χ3n) is 5.48. The molecule has 1 aliphatic heterocycles. The largest absolute Gasteiger partial charge is 0.325 e. The topological polar surface area (TPSA) is 66.3 Å². The number of likely N-dealkylation sites (tertiary alicyclic amines) is 1. The first-order chi connectivity index (χ1) is 13.0. The molecule has 148 valence electrons. The Morgan fingerprint density at radius 1 is 1.37 bits per heavy atom. The molecule has 1 fully saturated rings. The van der Waals surface area contributed by atoms with E-state index in [0.29, 0.717) is 5.92 Å². The number of carbonyl (C=O) groups is 1. The zero-order valence-electron chi connectivity index (χ0n) is 17.0. The van der Waals surface area contributed by atoms with Crippen molar-refractivity contribution >= 4 is 22.8 Å². The minimum absolute atomic E-state index is 0.0320. The van der Waals surface area contributed by atoms with Crippen LogP contribution >= 0.6 is 0 Å². The van der Waals surface area contributed by atoms with Crippen molar-refractivity contribution in [3.05, 3.63) is 18.0 Å². The Morgan fingerprint density at radius 2 is 2.11 bits per heavy atom. The van der Waals surface area contributed by atoms with Crippen LogP contribution in [0.1, 0.15) is 38.3 Å². The number of aromatic nitrogens is 3. The fourth-order valence-corrected chi connectivity index (χ4v) is 3.86. The summed E-state index contributed by atoms with van der Waals surface area (Å²) >= 11 is 0. The van der Waals surface area contributed by atoms with Crippen LogP contribution in [0.2, 0.25) is 0 Å². The molecule has 0 bridgehead atoms. The molecule has 2 aromatic heterocycles. The number of unbranched alkanes of at least 4 members (excludes halogenated alkanes) is 1. The lowest BCUT2D eigenvalue weighted by Gasteiger charge is -2.34. The number of nitrogens with one attached hydrogen (secondary N) is 1. The highest BCUT2D eigenvalue weighted by atomic mass is 16.2. The predicted molar refractivity (Wildman–Crippen MR) is 109 cm³/mol. The zero-order valence-corrected chi connectivity index (χ0v) is 17.0. The van der Waals surface area contributed by atoms with Gasteiger partial charge >= 0.3 is 6.03 Å². The van der Waals surface area contributed by atoms with Crippen LogP contribution < -0.4 is 5.32 Å². The quantitative estimate of drug-likeness (QED) is 0.845. The Labute approximate surface area is 161 Å². The van der Waals surface area contributed by atoms with Gasteiger partial charge in [0.2, 0.25) is 0 Å². The Kier molecular flexibility index (Phi) is 6.31. The van der Waals surface area contributed by atoms with Gasteiger partial charge in [0.1, 0.15) is 0 Å². The van der Waals surface area contributed by atoms with E-state index in [0.717, 1.165) is 54.9 Å². The molecule has 0 aromatic carbocycles. The molecule has 1 aliphatic rings. The summed E-state index contributed by atoms with van der Waals surface area (Å²) in [5.41, 5.74) is 2.48. The van der Waals surface area contributed by atoms with Gasteiger partial charge in [-0.05, 0) is 51.8 Å². The molecule has 0 radical (unpaired) electrons. The molecule has 7 heteroatoms. The maximum absolute atomic E-state index is 12.6. The van der Waals surface area contributed by atoms with Crippen molar-refractivity contribution in [2.75, 3.05) is 38.5 Å². The van der Waals surface area contributed by atoms with Gasteiger partial charge in [0, 0.05) is 32.1 Å². The van der Waals surface area contributed by atoms with Crippen LogP contribution in [0.5, 0.6) is 0 Å². The van der Waals surface area contributed by atoms with Crippen LogP contribution in [0.15, 0.2) is 12.3 Å². The van der Waals surface area contributed by atoms with Crippen molar-refractivity contribution in [2.45, 2.75) is 39.5 Å². The predicted octanol–water partition coefficient (Wildman–Crippen LogP) is 3.25. The molecule has 3 heterocycles. The average molecular weight is 373 g/mol. The van der Waals surface area contributed by atoms with E-state index >= 15 is 0 Å². The molecular formula is C20H32N6O. The Morgan fingerprint density at radius 3 is 2.81 bits per heavy atom. The number of fused-ring (bicyclic) bond motifs is 1. The number of nitrogens with zero attached hydrogens (tertiary/aromatic N) is 5. The summed E-state index contributed by atoms with van der Waals surface area (Å²) < 4.78 is 1.76. The summed E-state index contributed by atoms with van der Waals surface area (Å²) in [5, 5.41) is 8.35. The highest BCUT2D eigenvalue weighted by Crippen LogP contribution is 2.22. The summed E-state index contributed by atoms with van der Waals surface area (Å²) in [5.74, 6) is 0.687. The minimum Gasteiger partial charge on any atom is -0.325 e. The lowest BCUT2D eigenvalue weighted by Crippen LogP contribution is -2.43. The molecular weight excluding hydrogens is 340 g/mol. The van der Waals surface area contributed by atoms with Gasteiger partial charge in [-0.3, -0.25) is 4.68 Å². The standard InChI is InChI=1S/C20H32N6O/c1-5-6-9-24(3)14-16-7-10-26(11-8-16)20(27)22-17-12-18-15(2)23-25(4)19(18)21-13-17/h12-13,16H,5-11,14H2,1-4H3,(H,22,27). The number of hydrogen-bond donors (Lipinski definition) is 1. The summed E-state index contributed by atoms with van der Waals surface area (Å²) in [7, 11) is 4.09. The Balaban J connectivity index is 1.52. The average Bonchev–Trinajstić information content (AvgIpc) is 2.94. The van der Waals surface area contributed by atoms with Gasteiger partial charge in [0.05, 0.1) is 17.6 Å². The monoisotopic (exact) mass is 372 g/mol. The summed E-state index contributed by atoms with van der Waals surface area (Å²) in [6.07, 6.45) is 6.34. The number of aryl methyl sites for hydroxylation is 2. The molecule has 0 saturated carbocycles. The Bertz CT molecular complexity index is 778. The summed E-state index contributed by atoms with van der Waals surface area (Å²) in [6, 6.07) is 1.92. The van der Waals surface area contributed by atoms with E-state index in [1.165, 1.54) is 19.4 Å². The van der Waals surface area contributed by atoms with E-state index in [1.54, 1.807) is 10.9 Å². The van der Waals surface area contributed by atoms with E-state index in [1.807, 2.05) is 24.9 Å². The van der Waals surface area contributed by atoms with Crippen molar-refractivity contribution < 1.29 is 4.79 Å². The maximum Gasteiger partial charge on any atom is 0.321 e. The molecule has 27 heavy (non-hydrogen) atoms. The third-order valence-corrected chi connectivity index (χ3v) is 5.48. The van der Waals surface area contributed by atoms with Crippen molar-refractivity contribution in [2.24, 2.45) is 13.0 Å². The van der Waals surface area contributed by atoms with Gasteiger partial charge in [-0.25, -0.2) is 9.78 Å². The number of hydrogen-bond acceptors (Lipinski definition) is 4. The fourth-order valence-electron chi connectivity index (χ4n) is 3.86. The van der Waals surface area contributed by atoms with Gasteiger partial charge in [-0.2, -0.15) is 5.10 Å². The smallest absolute Gasteiger partial charge is 0.321 e. The van der Waals surface area contributed by atoms with E-state index in [-0.39, 0.29) is 6.03 Å². The molecule has 0 aliphatic carbocycles.